The van der Waals surface area contributed by atoms with Crippen LogP contribution in [0.5, 0.6) is 0 Å². The Hall–Kier alpha value is -1.96. The van der Waals surface area contributed by atoms with Crippen molar-refractivity contribution in [3.05, 3.63) is 12.0 Å². The molecule has 1 rings (SSSR count). The highest BCUT2D eigenvalue weighted by Gasteiger charge is 2.07. The van der Waals surface area contributed by atoms with Crippen molar-refractivity contribution in [3.8, 4) is 0 Å². The minimum Gasteiger partial charge on any atom is -0.468 e. The Morgan fingerprint density at radius 1 is 1.73 bits per heavy atom. The summed E-state index contributed by atoms with van der Waals surface area (Å²) in [7, 11) is 1.23. The summed E-state index contributed by atoms with van der Waals surface area (Å²) in [6, 6.07) is 0. The summed E-state index contributed by atoms with van der Waals surface area (Å²) in [5.41, 5.74) is 2.15. The summed E-state index contributed by atoms with van der Waals surface area (Å²) in [6.07, 6.45) is 0.932. The number of carbonyl (C=O) groups excluding carboxylic acids is 1. The molecule has 0 aliphatic carbocycles. The molecule has 0 spiro atoms. The van der Waals surface area contributed by atoms with Crippen molar-refractivity contribution in [1.82, 2.24) is 9.97 Å². The number of aromatic nitrogens is 2. The maximum Gasteiger partial charge on any atom is 0.325 e. The largest absolute Gasteiger partial charge is 0.468 e. The summed E-state index contributed by atoms with van der Waals surface area (Å²) in [5.74, 6) is 3.74. The number of rotatable bonds is 4. The second-order valence-corrected chi connectivity index (χ2v) is 2.46. The zero-order valence-corrected chi connectivity index (χ0v) is 7.95. The molecule has 0 atom stereocenters. The van der Waals surface area contributed by atoms with Crippen molar-refractivity contribution in [2.75, 3.05) is 24.4 Å². The van der Waals surface area contributed by atoms with Crippen LogP contribution in [0.1, 0.15) is 0 Å². The van der Waals surface area contributed by atoms with Gasteiger partial charge in [0, 0.05) is 0 Å². The Kier molecular flexibility index (Phi) is 3.75. The Bertz CT molecular complexity index is 359. The fourth-order valence-electron chi connectivity index (χ4n) is 0.789. The van der Waals surface area contributed by atoms with Crippen molar-refractivity contribution < 1.29 is 13.9 Å². The van der Waals surface area contributed by atoms with Crippen molar-refractivity contribution in [3.63, 3.8) is 0 Å². The van der Waals surface area contributed by atoms with Gasteiger partial charge in [0.25, 0.3) is 0 Å². The van der Waals surface area contributed by atoms with E-state index in [1.165, 1.54) is 7.11 Å². The van der Waals surface area contributed by atoms with Crippen LogP contribution in [0, 0.1) is 5.82 Å². The Morgan fingerprint density at radius 3 is 3.07 bits per heavy atom. The second kappa shape index (κ2) is 5.05. The van der Waals surface area contributed by atoms with Gasteiger partial charge in [-0.15, -0.1) is 0 Å². The molecule has 0 saturated heterocycles. The molecule has 0 aliphatic rings. The lowest BCUT2D eigenvalue weighted by Crippen LogP contribution is -2.18. The average Bonchev–Trinajstić information content (AvgIpc) is 2.27. The number of hydrogen-bond donors (Lipinski definition) is 3. The molecular weight excluding hydrogens is 205 g/mol. The van der Waals surface area contributed by atoms with Crippen LogP contribution in [0.15, 0.2) is 6.20 Å². The third-order valence-electron chi connectivity index (χ3n) is 1.50. The number of carbonyl (C=O) groups is 1. The van der Waals surface area contributed by atoms with E-state index in [9.17, 15) is 9.18 Å². The van der Waals surface area contributed by atoms with Crippen LogP contribution in [-0.2, 0) is 9.53 Å². The molecule has 0 unspecified atom stereocenters. The van der Waals surface area contributed by atoms with E-state index in [-0.39, 0.29) is 18.3 Å². The first-order valence-corrected chi connectivity index (χ1v) is 3.97. The van der Waals surface area contributed by atoms with Gasteiger partial charge in [0.05, 0.1) is 13.3 Å². The first-order valence-electron chi connectivity index (χ1n) is 3.97. The van der Waals surface area contributed by atoms with Gasteiger partial charge in [0.15, 0.2) is 11.6 Å². The van der Waals surface area contributed by atoms with E-state index >= 15 is 0 Å². The molecule has 0 bridgehead atoms. The molecule has 7 nitrogen and oxygen atoms in total. The van der Waals surface area contributed by atoms with E-state index in [0.717, 1.165) is 6.20 Å². The van der Waals surface area contributed by atoms with Crippen LogP contribution in [0.25, 0.3) is 0 Å². The Labute approximate surface area is 84.8 Å². The summed E-state index contributed by atoms with van der Waals surface area (Å²) in [5, 5.41) is 2.44. The molecule has 4 N–H and O–H groups in total. The first kappa shape index (κ1) is 11.1. The number of hydrogen-bond acceptors (Lipinski definition) is 7. The molecule has 0 aromatic carbocycles. The first-order chi connectivity index (χ1) is 7.17. The van der Waals surface area contributed by atoms with Gasteiger partial charge in [-0.25, -0.2) is 15.2 Å². The van der Waals surface area contributed by atoms with Crippen LogP contribution in [0.2, 0.25) is 0 Å². The molecule has 8 heteroatoms. The number of esters is 1. The van der Waals surface area contributed by atoms with Crippen LogP contribution < -0.4 is 16.6 Å². The number of nitrogens with one attached hydrogen (secondary N) is 2. The fourth-order valence-corrected chi connectivity index (χ4v) is 0.789. The lowest BCUT2D eigenvalue weighted by atomic mass is 10.5. The Balaban J connectivity index is 2.70. The molecule has 1 aromatic rings. The number of halogens is 1. The van der Waals surface area contributed by atoms with Gasteiger partial charge in [-0.1, -0.05) is 0 Å². The number of nitrogen functional groups attached to an aromatic ring is 1. The highest BCUT2D eigenvalue weighted by Crippen LogP contribution is 2.10. The maximum atomic E-state index is 13.1. The van der Waals surface area contributed by atoms with Crippen molar-refractivity contribution in [1.29, 1.82) is 0 Å². The third-order valence-corrected chi connectivity index (χ3v) is 1.50. The van der Waals surface area contributed by atoms with Crippen LogP contribution in [0.3, 0.4) is 0 Å². The van der Waals surface area contributed by atoms with Gasteiger partial charge < -0.3 is 10.1 Å². The number of anilines is 2. The van der Waals surface area contributed by atoms with Gasteiger partial charge in [0.2, 0.25) is 5.95 Å². The number of methoxy groups -OCH3 is 1. The number of nitrogens with two attached hydrogens (primary N) is 1. The molecule has 1 aromatic heterocycles. The standard InChI is InChI=1S/C7H10FN5O2/c1-15-5(14)3-10-6-4(8)2-11-7(12-6)13-9/h2H,3,9H2,1H3,(H2,10,11,12,13). The van der Waals surface area contributed by atoms with Crippen LogP contribution >= 0.6 is 0 Å². The van der Waals surface area contributed by atoms with E-state index in [4.69, 9.17) is 5.84 Å². The highest BCUT2D eigenvalue weighted by atomic mass is 19.1. The van der Waals surface area contributed by atoms with E-state index < -0.39 is 11.8 Å². The van der Waals surface area contributed by atoms with Crippen molar-refractivity contribution >= 4 is 17.7 Å². The second-order valence-electron chi connectivity index (χ2n) is 2.46. The van der Waals surface area contributed by atoms with E-state index in [2.05, 4.69) is 25.4 Å². The molecule has 0 amide bonds. The smallest absolute Gasteiger partial charge is 0.325 e. The molecular formula is C7H10FN5O2. The summed E-state index contributed by atoms with van der Waals surface area (Å²) in [6.45, 7) is -0.186. The minimum atomic E-state index is -0.682. The quantitative estimate of drug-likeness (QED) is 0.353. The highest BCUT2D eigenvalue weighted by molar-refractivity contribution is 5.74. The van der Waals surface area contributed by atoms with E-state index in [0.29, 0.717) is 0 Å². The van der Waals surface area contributed by atoms with E-state index in [1.54, 1.807) is 0 Å². The number of ether oxygens (including phenoxy) is 1. The van der Waals surface area contributed by atoms with Gasteiger partial charge in [-0.2, -0.15) is 4.98 Å². The predicted octanol–water partition coefficient (Wildman–Crippen LogP) is -0.514. The fraction of sp³-hybridized carbons (Fsp3) is 0.286. The normalized spacial score (nSPS) is 9.53. The van der Waals surface area contributed by atoms with Gasteiger partial charge >= 0.3 is 5.97 Å². The SMILES string of the molecule is COC(=O)CNc1nc(NN)ncc1F. The predicted molar refractivity (Wildman–Crippen MR) is 50.3 cm³/mol. The van der Waals surface area contributed by atoms with Gasteiger partial charge in [-0.3, -0.25) is 10.2 Å². The zero-order chi connectivity index (χ0) is 11.3. The average molecular weight is 215 g/mol. The summed E-state index contributed by atoms with van der Waals surface area (Å²) in [4.78, 5) is 17.9. The lowest BCUT2D eigenvalue weighted by Gasteiger charge is -2.06. The minimum absolute atomic E-state index is 0.0452. The molecule has 0 saturated carbocycles. The molecule has 15 heavy (non-hydrogen) atoms. The van der Waals surface area contributed by atoms with Crippen LogP contribution in [0.4, 0.5) is 16.2 Å². The van der Waals surface area contributed by atoms with Gasteiger partial charge in [0.1, 0.15) is 6.54 Å². The number of nitrogens with zero attached hydrogens (tertiary/aromatic N) is 2. The monoisotopic (exact) mass is 215 g/mol. The lowest BCUT2D eigenvalue weighted by molar-refractivity contribution is -0.138. The molecule has 82 valence electrons. The zero-order valence-electron chi connectivity index (χ0n) is 7.95. The maximum absolute atomic E-state index is 13.1. The van der Waals surface area contributed by atoms with Crippen molar-refractivity contribution in [2.45, 2.75) is 0 Å². The summed E-state index contributed by atoms with van der Waals surface area (Å²) < 4.78 is 17.4. The molecule has 0 radical (unpaired) electrons. The van der Waals surface area contributed by atoms with E-state index in [1.807, 2.05) is 0 Å². The molecule has 0 aliphatic heterocycles. The van der Waals surface area contributed by atoms with Crippen LogP contribution in [-0.4, -0.2) is 29.6 Å². The van der Waals surface area contributed by atoms with Gasteiger partial charge in [-0.05, 0) is 0 Å². The van der Waals surface area contributed by atoms with Crippen molar-refractivity contribution in [2.24, 2.45) is 5.84 Å². The number of hydrazine groups is 1. The Morgan fingerprint density at radius 2 is 2.47 bits per heavy atom. The third kappa shape index (κ3) is 3.02. The molecule has 0 fully saturated rings. The molecule has 1 heterocycles. The summed E-state index contributed by atoms with van der Waals surface area (Å²) >= 11 is 0. The topological polar surface area (TPSA) is 102 Å².